The molecule has 0 aliphatic rings. The van der Waals surface area contributed by atoms with E-state index in [0.717, 1.165) is 16.2 Å². The SMILES string of the molecule is CCCC.[SiH3]Oc1ccccc1. The highest BCUT2D eigenvalue weighted by atomic mass is 28.2. The van der Waals surface area contributed by atoms with Gasteiger partial charge in [-0.2, -0.15) is 0 Å². The van der Waals surface area contributed by atoms with Crippen LogP contribution >= 0.6 is 0 Å². The van der Waals surface area contributed by atoms with Crippen LogP contribution in [0.2, 0.25) is 0 Å². The third kappa shape index (κ3) is 5.98. The Morgan fingerprint density at radius 3 is 1.83 bits per heavy atom. The molecule has 0 aliphatic carbocycles. The van der Waals surface area contributed by atoms with Crippen molar-refractivity contribution < 1.29 is 4.43 Å². The minimum atomic E-state index is 0.777. The molecule has 0 saturated carbocycles. The van der Waals surface area contributed by atoms with E-state index in [1.165, 1.54) is 12.8 Å². The Labute approximate surface area is 78.3 Å². The number of hydrogen-bond acceptors (Lipinski definition) is 1. The van der Waals surface area contributed by atoms with Gasteiger partial charge in [-0.05, 0) is 12.1 Å². The van der Waals surface area contributed by atoms with Crippen LogP contribution in [0.15, 0.2) is 30.3 Å². The second-order valence-corrected chi connectivity index (χ2v) is 2.93. The molecule has 0 saturated heterocycles. The minimum Gasteiger partial charge on any atom is -0.553 e. The van der Waals surface area contributed by atoms with Crippen LogP contribution < -0.4 is 4.43 Å². The first-order valence-corrected chi connectivity index (χ1v) is 5.25. The van der Waals surface area contributed by atoms with Crippen molar-refractivity contribution in [3.63, 3.8) is 0 Å². The van der Waals surface area contributed by atoms with Crippen LogP contribution in [0.3, 0.4) is 0 Å². The normalized spacial score (nSPS) is 8.50. The van der Waals surface area contributed by atoms with Crippen molar-refractivity contribution in [3.05, 3.63) is 30.3 Å². The third-order valence-electron chi connectivity index (χ3n) is 1.48. The van der Waals surface area contributed by atoms with Gasteiger partial charge in [-0.25, -0.2) is 0 Å². The van der Waals surface area contributed by atoms with E-state index in [2.05, 4.69) is 13.8 Å². The van der Waals surface area contributed by atoms with Gasteiger partial charge >= 0.3 is 0 Å². The summed E-state index contributed by atoms with van der Waals surface area (Å²) in [5, 5.41) is 0. The summed E-state index contributed by atoms with van der Waals surface area (Å²) in [7, 11) is 0.777. The van der Waals surface area contributed by atoms with E-state index in [1.54, 1.807) is 0 Å². The van der Waals surface area contributed by atoms with Crippen LogP contribution in [0.4, 0.5) is 0 Å². The molecule has 0 heterocycles. The summed E-state index contributed by atoms with van der Waals surface area (Å²) in [4.78, 5) is 0. The molecule has 2 heteroatoms. The number of unbranched alkanes of at least 4 members (excludes halogenated alkanes) is 1. The molecule has 0 atom stereocenters. The average molecular weight is 182 g/mol. The summed E-state index contributed by atoms with van der Waals surface area (Å²) < 4.78 is 5.05. The Kier molecular flexibility index (Phi) is 7.80. The molecule has 0 unspecified atom stereocenters. The van der Waals surface area contributed by atoms with E-state index in [1.807, 2.05) is 30.3 Å². The molecule has 1 rings (SSSR count). The first kappa shape index (κ1) is 11.2. The predicted octanol–water partition coefficient (Wildman–Crippen LogP) is 2.15. The number of hydrogen-bond donors (Lipinski definition) is 0. The van der Waals surface area contributed by atoms with E-state index in [4.69, 9.17) is 4.43 Å². The van der Waals surface area contributed by atoms with Crippen molar-refractivity contribution in [1.82, 2.24) is 0 Å². The molecule has 0 N–H and O–H groups in total. The highest BCUT2D eigenvalue weighted by Gasteiger charge is 1.79. The predicted molar refractivity (Wildman–Crippen MR) is 57.6 cm³/mol. The quantitative estimate of drug-likeness (QED) is 0.637. The van der Waals surface area contributed by atoms with Crippen molar-refractivity contribution in [3.8, 4) is 5.75 Å². The van der Waals surface area contributed by atoms with Crippen LogP contribution in [0.1, 0.15) is 26.7 Å². The van der Waals surface area contributed by atoms with Crippen LogP contribution in [-0.4, -0.2) is 10.5 Å². The summed E-state index contributed by atoms with van der Waals surface area (Å²) in [6.45, 7) is 4.36. The Bertz CT molecular complexity index is 172. The van der Waals surface area contributed by atoms with Gasteiger partial charge in [0, 0.05) is 0 Å². The highest BCUT2D eigenvalue weighted by molar-refractivity contribution is 5.99. The van der Waals surface area contributed by atoms with Gasteiger partial charge in [0.15, 0.2) is 0 Å². The highest BCUT2D eigenvalue weighted by Crippen LogP contribution is 2.05. The molecule has 0 fully saturated rings. The second-order valence-electron chi connectivity index (χ2n) is 2.52. The molecule has 1 aromatic carbocycles. The zero-order valence-electron chi connectivity index (χ0n) is 8.21. The maximum Gasteiger partial charge on any atom is 0.204 e. The molecule has 1 aromatic rings. The topological polar surface area (TPSA) is 9.23 Å². The summed E-state index contributed by atoms with van der Waals surface area (Å²) in [5.74, 6) is 0.971. The van der Waals surface area contributed by atoms with Gasteiger partial charge in [-0.1, -0.05) is 44.9 Å². The molecule has 68 valence electrons. The Hall–Kier alpha value is -0.763. The molecular formula is C10H18OSi. The van der Waals surface area contributed by atoms with Gasteiger partial charge in [0.25, 0.3) is 0 Å². The molecule has 0 aliphatic heterocycles. The maximum absolute atomic E-state index is 5.05. The third-order valence-corrected chi connectivity index (χ3v) is 1.95. The van der Waals surface area contributed by atoms with Crippen LogP contribution in [-0.2, 0) is 0 Å². The Morgan fingerprint density at radius 2 is 1.58 bits per heavy atom. The summed E-state index contributed by atoms with van der Waals surface area (Å²) >= 11 is 0. The van der Waals surface area contributed by atoms with E-state index in [9.17, 15) is 0 Å². The smallest absolute Gasteiger partial charge is 0.204 e. The zero-order chi connectivity index (χ0) is 9.23. The maximum atomic E-state index is 5.05. The summed E-state index contributed by atoms with van der Waals surface area (Å²) in [5.41, 5.74) is 0. The lowest BCUT2D eigenvalue weighted by molar-refractivity contribution is 0.616. The number of para-hydroxylation sites is 1. The van der Waals surface area contributed by atoms with E-state index < -0.39 is 0 Å². The van der Waals surface area contributed by atoms with Gasteiger partial charge in [0.2, 0.25) is 10.5 Å². The molecule has 12 heavy (non-hydrogen) atoms. The molecule has 0 amide bonds. The van der Waals surface area contributed by atoms with E-state index >= 15 is 0 Å². The lowest BCUT2D eigenvalue weighted by Crippen LogP contribution is -1.81. The minimum absolute atomic E-state index is 0.777. The largest absolute Gasteiger partial charge is 0.553 e. The first-order valence-electron chi connectivity index (χ1n) is 4.44. The van der Waals surface area contributed by atoms with Gasteiger partial charge in [0.05, 0.1) is 0 Å². The molecule has 0 spiro atoms. The monoisotopic (exact) mass is 182 g/mol. The fourth-order valence-electron chi connectivity index (χ4n) is 0.557. The average Bonchev–Trinajstić information content (AvgIpc) is 2.19. The lowest BCUT2D eigenvalue weighted by Gasteiger charge is -1.95. The standard InChI is InChI=1S/C6H8OSi.C4H10/c8-7-6-4-2-1-3-5-6;1-3-4-2/h1-5H,8H3;3-4H2,1-2H3. The van der Waals surface area contributed by atoms with Gasteiger partial charge in [-0.15, -0.1) is 0 Å². The molecule has 0 aromatic heterocycles. The fraction of sp³-hybridized carbons (Fsp3) is 0.400. The summed E-state index contributed by atoms with van der Waals surface area (Å²) in [6, 6.07) is 9.81. The van der Waals surface area contributed by atoms with Crippen molar-refractivity contribution in [2.45, 2.75) is 26.7 Å². The number of benzene rings is 1. The van der Waals surface area contributed by atoms with Crippen LogP contribution in [0, 0.1) is 0 Å². The van der Waals surface area contributed by atoms with Crippen molar-refractivity contribution in [2.24, 2.45) is 0 Å². The fourth-order valence-corrected chi connectivity index (χ4v) is 0.829. The Morgan fingerprint density at radius 1 is 1.08 bits per heavy atom. The molecule has 0 radical (unpaired) electrons. The first-order chi connectivity index (χ1) is 5.85. The Balaban J connectivity index is 0.000000261. The zero-order valence-corrected chi connectivity index (χ0v) is 10.2. The molecular weight excluding hydrogens is 164 g/mol. The van der Waals surface area contributed by atoms with Crippen LogP contribution in [0.25, 0.3) is 0 Å². The lowest BCUT2D eigenvalue weighted by atomic mass is 10.3. The number of rotatable bonds is 2. The van der Waals surface area contributed by atoms with Crippen molar-refractivity contribution in [1.29, 1.82) is 0 Å². The van der Waals surface area contributed by atoms with E-state index in [0.29, 0.717) is 0 Å². The molecule has 0 bridgehead atoms. The van der Waals surface area contributed by atoms with Crippen molar-refractivity contribution in [2.75, 3.05) is 0 Å². The van der Waals surface area contributed by atoms with Gasteiger partial charge < -0.3 is 4.43 Å². The van der Waals surface area contributed by atoms with Crippen molar-refractivity contribution >= 4 is 10.5 Å². The van der Waals surface area contributed by atoms with E-state index in [-0.39, 0.29) is 0 Å². The van der Waals surface area contributed by atoms with Crippen LogP contribution in [0.5, 0.6) is 5.75 Å². The summed E-state index contributed by atoms with van der Waals surface area (Å²) in [6.07, 6.45) is 2.64. The molecule has 1 nitrogen and oxygen atoms in total. The second kappa shape index (κ2) is 8.33. The van der Waals surface area contributed by atoms with Gasteiger partial charge in [-0.3, -0.25) is 0 Å². The van der Waals surface area contributed by atoms with Gasteiger partial charge in [0.1, 0.15) is 5.75 Å².